The van der Waals surface area contributed by atoms with Gasteiger partial charge >= 0.3 is 0 Å². The Bertz CT molecular complexity index is 583. The summed E-state index contributed by atoms with van der Waals surface area (Å²) in [6.07, 6.45) is 0. The van der Waals surface area contributed by atoms with Crippen LogP contribution in [0, 0.1) is 0 Å². The van der Waals surface area contributed by atoms with E-state index in [0.717, 1.165) is 5.75 Å². The number of amides is 1. The highest BCUT2D eigenvalue weighted by atomic mass is 32.2. The molecule has 7 heteroatoms. The minimum absolute atomic E-state index is 0.0254. The van der Waals surface area contributed by atoms with Gasteiger partial charge in [-0.1, -0.05) is 6.92 Å². The molecule has 0 saturated carbocycles. The number of phenols is 1. The zero-order valence-electron chi connectivity index (χ0n) is 11.2. The number of nitrogens with zero attached hydrogens (tertiary/aromatic N) is 1. The van der Waals surface area contributed by atoms with Gasteiger partial charge in [-0.2, -0.15) is 11.8 Å². The molecule has 2 rings (SSSR count). The van der Waals surface area contributed by atoms with Crippen molar-refractivity contribution in [3.05, 3.63) is 29.8 Å². The summed E-state index contributed by atoms with van der Waals surface area (Å²) in [7, 11) is -3.30. The Kier molecular flexibility index (Phi) is 4.59. The molecule has 0 aromatic heterocycles. The Morgan fingerprint density at radius 2 is 2.05 bits per heavy atom. The fraction of sp³-hybridized carbons (Fsp3) is 0.462. The lowest BCUT2D eigenvalue weighted by Crippen LogP contribution is -2.50. The SMILES string of the molecule is CCS(=O)(=O)C1CSCCN1C(=O)c1ccc(O)cc1. The number of phenolic OH excluding ortho intramolecular Hbond substituents is 1. The molecule has 1 aromatic rings. The summed E-state index contributed by atoms with van der Waals surface area (Å²) in [5.41, 5.74) is 0.394. The van der Waals surface area contributed by atoms with Gasteiger partial charge in [0, 0.05) is 29.4 Å². The molecule has 1 amide bonds. The molecule has 0 spiro atoms. The summed E-state index contributed by atoms with van der Waals surface area (Å²) in [5.74, 6) is 0.956. The average molecular weight is 315 g/mol. The first-order valence-electron chi connectivity index (χ1n) is 6.35. The van der Waals surface area contributed by atoms with E-state index in [4.69, 9.17) is 0 Å². The number of aromatic hydroxyl groups is 1. The Morgan fingerprint density at radius 1 is 1.40 bits per heavy atom. The topological polar surface area (TPSA) is 74.7 Å². The second kappa shape index (κ2) is 6.05. The summed E-state index contributed by atoms with van der Waals surface area (Å²) in [4.78, 5) is 13.9. The summed E-state index contributed by atoms with van der Waals surface area (Å²) in [5, 5.41) is 8.49. The van der Waals surface area contributed by atoms with Crippen LogP contribution in [0.4, 0.5) is 0 Å². The molecule has 1 aliphatic heterocycles. The highest BCUT2D eigenvalue weighted by molar-refractivity contribution is 8.01. The maximum Gasteiger partial charge on any atom is 0.254 e. The third-order valence-corrected chi connectivity index (χ3v) is 6.57. The van der Waals surface area contributed by atoms with E-state index in [1.807, 2.05) is 0 Å². The number of carbonyl (C=O) groups excluding carboxylic acids is 1. The van der Waals surface area contributed by atoms with Crippen LogP contribution in [0.2, 0.25) is 0 Å². The molecule has 0 radical (unpaired) electrons. The molecule has 0 aliphatic carbocycles. The third kappa shape index (κ3) is 3.09. The standard InChI is InChI=1S/C13H17NO4S2/c1-2-20(17,18)12-9-19-8-7-14(12)13(16)10-3-5-11(15)6-4-10/h3-6,12,15H,2,7-9H2,1H3. The van der Waals surface area contributed by atoms with E-state index in [0.29, 0.717) is 17.9 Å². The Hall–Kier alpha value is -1.21. The van der Waals surface area contributed by atoms with Crippen LogP contribution in [0.15, 0.2) is 24.3 Å². The Labute approximate surface area is 122 Å². The molecule has 1 aromatic carbocycles. The average Bonchev–Trinajstić information content (AvgIpc) is 2.47. The van der Waals surface area contributed by atoms with Crippen molar-refractivity contribution in [1.29, 1.82) is 0 Å². The minimum Gasteiger partial charge on any atom is -0.508 e. The van der Waals surface area contributed by atoms with Crippen molar-refractivity contribution in [2.75, 3.05) is 23.8 Å². The van der Waals surface area contributed by atoms with Crippen LogP contribution in [0.3, 0.4) is 0 Å². The molecule has 1 N–H and O–H groups in total. The summed E-state index contributed by atoms with van der Waals surface area (Å²) < 4.78 is 24.2. The molecular formula is C13H17NO4S2. The van der Waals surface area contributed by atoms with Crippen LogP contribution < -0.4 is 0 Å². The van der Waals surface area contributed by atoms with E-state index in [-0.39, 0.29) is 17.4 Å². The molecule has 1 heterocycles. The number of carbonyl (C=O) groups is 1. The van der Waals surface area contributed by atoms with E-state index in [1.54, 1.807) is 18.7 Å². The van der Waals surface area contributed by atoms with E-state index in [9.17, 15) is 18.3 Å². The first-order valence-corrected chi connectivity index (χ1v) is 9.22. The molecule has 5 nitrogen and oxygen atoms in total. The van der Waals surface area contributed by atoms with Crippen molar-refractivity contribution in [3.63, 3.8) is 0 Å². The van der Waals surface area contributed by atoms with Crippen LogP contribution in [0.1, 0.15) is 17.3 Å². The quantitative estimate of drug-likeness (QED) is 0.911. The van der Waals surface area contributed by atoms with Gasteiger partial charge in [-0.05, 0) is 24.3 Å². The number of rotatable bonds is 3. The molecular weight excluding hydrogens is 298 g/mol. The van der Waals surface area contributed by atoms with Crippen molar-refractivity contribution < 1.29 is 18.3 Å². The van der Waals surface area contributed by atoms with Crippen molar-refractivity contribution in [3.8, 4) is 5.75 Å². The summed E-state index contributed by atoms with van der Waals surface area (Å²) in [6.45, 7) is 2.02. The number of benzene rings is 1. The first kappa shape index (κ1) is 15.2. The summed E-state index contributed by atoms with van der Waals surface area (Å²) >= 11 is 1.55. The van der Waals surface area contributed by atoms with Crippen LogP contribution in [-0.4, -0.2) is 53.5 Å². The van der Waals surface area contributed by atoms with Crippen LogP contribution in [-0.2, 0) is 9.84 Å². The lowest BCUT2D eigenvalue weighted by Gasteiger charge is -2.34. The predicted octanol–water partition coefficient (Wildman–Crippen LogP) is 1.34. The fourth-order valence-corrected chi connectivity index (χ4v) is 5.04. The van der Waals surface area contributed by atoms with Crippen molar-refractivity contribution in [1.82, 2.24) is 4.90 Å². The second-order valence-corrected chi connectivity index (χ2v) is 8.12. The van der Waals surface area contributed by atoms with Crippen molar-refractivity contribution >= 4 is 27.5 Å². The molecule has 1 unspecified atom stereocenters. The highest BCUT2D eigenvalue weighted by Crippen LogP contribution is 2.24. The second-order valence-electron chi connectivity index (χ2n) is 4.53. The zero-order valence-corrected chi connectivity index (χ0v) is 12.8. The van der Waals surface area contributed by atoms with E-state index in [1.165, 1.54) is 29.2 Å². The lowest BCUT2D eigenvalue weighted by atomic mass is 10.2. The highest BCUT2D eigenvalue weighted by Gasteiger charge is 2.36. The van der Waals surface area contributed by atoms with Gasteiger partial charge in [0.1, 0.15) is 11.1 Å². The Morgan fingerprint density at radius 3 is 2.65 bits per heavy atom. The largest absolute Gasteiger partial charge is 0.508 e. The molecule has 20 heavy (non-hydrogen) atoms. The molecule has 1 fully saturated rings. The Balaban J connectivity index is 2.28. The number of hydrogen-bond donors (Lipinski definition) is 1. The van der Waals surface area contributed by atoms with Crippen molar-refractivity contribution in [2.45, 2.75) is 12.3 Å². The molecule has 110 valence electrons. The fourth-order valence-electron chi connectivity index (χ4n) is 2.07. The van der Waals surface area contributed by atoms with Gasteiger partial charge in [0.05, 0.1) is 0 Å². The smallest absolute Gasteiger partial charge is 0.254 e. The van der Waals surface area contributed by atoms with Crippen molar-refractivity contribution in [2.24, 2.45) is 0 Å². The number of thioether (sulfide) groups is 1. The van der Waals surface area contributed by atoms with Gasteiger partial charge in [0.25, 0.3) is 5.91 Å². The minimum atomic E-state index is -3.30. The predicted molar refractivity (Wildman–Crippen MR) is 79.7 cm³/mol. The maximum absolute atomic E-state index is 12.5. The van der Waals surface area contributed by atoms with Gasteiger partial charge in [0.2, 0.25) is 0 Å². The lowest BCUT2D eigenvalue weighted by molar-refractivity contribution is 0.0749. The van der Waals surface area contributed by atoms with Gasteiger partial charge in [-0.15, -0.1) is 0 Å². The van der Waals surface area contributed by atoms with Gasteiger partial charge in [-0.3, -0.25) is 4.79 Å². The third-order valence-electron chi connectivity index (χ3n) is 3.28. The zero-order chi connectivity index (χ0) is 14.8. The maximum atomic E-state index is 12.5. The van der Waals surface area contributed by atoms with Gasteiger partial charge in [0.15, 0.2) is 9.84 Å². The normalized spacial score (nSPS) is 19.9. The van der Waals surface area contributed by atoms with Gasteiger partial charge < -0.3 is 10.0 Å². The van der Waals surface area contributed by atoms with E-state index in [2.05, 4.69) is 0 Å². The first-order chi connectivity index (χ1) is 9.45. The number of sulfone groups is 1. The molecule has 1 aliphatic rings. The van der Waals surface area contributed by atoms with E-state index >= 15 is 0 Å². The number of hydrogen-bond acceptors (Lipinski definition) is 5. The van der Waals surface area contributed by atoms with Crippen LogP contribution in [0.25, 0.3) is 0 Å². The molecule has 1 saturated heterocycles. The van der Waals surface area contributed by atoms with Crippen LogP contribution >= 0.6 is 11.8 Å². The summed E-state index contributed by atoms with van der Waals surface area (Å²) in [6, 6.07) is 5.87. The molecule has 0 bridgehead atoms. The van der Waals surface area contributed by atoms with E-state index < -0.39 is 15.2 Å². The van der Waals surface area contributed by atoms with Gasteiger partial charge in [-0.25, -0.2) is 8.42 Å². The molecule has 1 atom stereocenters. The monoisotopic (exact) mass is 315 g/mol. The van der Waals surface area contributed by atoms with Crippen LogP contribution in [0.5, 0.6) is 5.75 Å².